The first-order valence-corrected chi connectivity index (χ1v) is 4.60. The number of ether oxygens (including phenoxy) is 1. The highest BCUT2D eigenvalue weighted by molar-refractivity contribution is 5.75. The van der Waals surface area contributed by atoms with Gasteiger partial charge in [0, 0.05) is 6.42 Å². The molecule has 8 heteroatoms. The van der Waals surface area contributed by atoms with Crippen LogP contribution in [0.1, 0.15) is 6.42 Å². The summed E-state index contributed by atoms with van der Waals surface area (Å²) in [5.41, 5.74) is 0. The molecule has 0 unspecified atom stereocenters. The van der Waals surface area contributed by atoms with Crippen LogP contribution in [0, 0.1) is 0 Å². The van der Waals surface area contributed by atoms with Crippen molar-refractivity contribution < 1.29 is 40.2 Å². The highest BCUT2D eigenvalue weighted by atomic mass is 16.7. The van der Waals surface area contributed by atoms with Crippen molar-refractivity contribution in [3.63, 3.8) is 0 Å². The summed E-state index contributed by atoms with van der Waals surface area (Å²) in [5.74, 6) is -4.42. The second-order valence-corrected chi connectivity index (χ2v) is 3.68. The van der Waals surface area contributed by atoms with Crippen LogP contribution in [0.5, 0.6) is 0 Å². The summed E-state index contributed by atoms with van der Waals surface area (Å²) in [6.07, 6.45) is -7.05. The molecule has 1 heterocycles. The summed E-state index contributed by atoms with van der Waals surface area (Å²) in [6.45, 7) is -0.801. The third kappa shape index (κ3) is 2.32. The van der Waals surface area contributed by atoms with Gasteiger partial charge in [-0.2, -0.15) is 0 Å². The first-order valence-electron chi connectivity index (χ1n) is 4.60. The van der Waals surface area contributed by atoms with Crippen molar-refractivity contribution in [2.24, 2.45) is 0 Å². The zero-order valence-electron chi connectivity index (χ0n) is 8.22. The maximum atomic E-state index is 10.7. The first kappa shape index (κ1) is 13.3. The summed E-state index contributed by atoms with van der Waals surface area (Å²) < 4.78 is 4.61. The molecule has 5 atom stereocenters. The maximum absolute atomic E-state index is 10.7. The SMILES string of the molecule is O=C(O)[C@]1(O)C[C@H](O)[C@H](O)[C@@H]([C@H](O)CO)O1. The fraction of sp³-hybridized carbons (Fsp3) is 0.875. The Kier molecular flexibility index (Phi) is 3.84. The van der Waals surface area contributed by atoms with Gasteiger partial charge in [-0.25, -0.2) is 4.79 Å². The fourth-order valence-corrected chi connectivity index (χ4v) is 1.51. The van der Waals surface area contributed by atoms with Crippen LogP contribution in [0.15, 0.2) is 0 Å². The van der Waals surface area contributed by atoms with Crippen LogP contribution >= 0.6 is 0 Å². The van der Waals surface area contributed by atoms with E-state index in [4.69, 9.17) is 10.2 Å². The lowest BCUT2D eigenvalue weighted by Gasteiger charge is -2.41. The number of hydrogen-bond acceptors (Lipinski definition) is 7. The van der Waals surface area contributed by atoms with Crippen LogP contribution < -0.4 is 0 Å². The van der Waals surface area contributed by atoms with E-state index in [-0.39, 0.29) is 0 Å². The Bertz CT molecular complexity index is 269. The van der Waals surface area contributed by atoms with E-state index in [1.165, 1.54) is 0 Å². The number of carbonyl (C=O) groups is 1. The second kappa shape index (κ2) is 4.62. The molecule has 94 valence electrons. The van der Waals surface area contributed by atoms with Gasteiger partial charge in [-0.15, -0.1) is 0 Å². The third-order valence-electron chi connectivity index (χ3n) is 2.45. The van der Waals surface area contributed by atoms with E-state index < -0.39 is 49.2 Å². The van der Waals surface area contributed by atoms with Gasteiger partial charge in [0.05, 0.1) is 12.7 Å². The summed E-state index contributed by atoms with van der Waals surface area (Å²) in [6, 6.07) is 0. The first-order chi connectivity index (χ1) is 7.31. The summed E-state index contributed by atoms with van der Waals surface area (Å²) in [4.78, 5) is 10.7. The number of aliphatic hydroxyl groups is 5. The predicted molar refractivity (Wildman–Crippen MR) is 47.2 cm³/mol. The van der Waals surface area contributed by atoms with Crippen molar-refractivity contribution in [3.05, 3.63) is 0 Å². The fourth-order valence-electron chi connectivity index (χ4n) is 1.51. The largest absolute Gasteiger partial charge is 0.477 e. The molecule has 8 nitrogen and oxygen atoms in total. The molecule has 0 bridgehead atoms. The topological polar surface area (TPSA) is 148 Å². The van der Waals surface area contributed by atoms with Gasteiger partial charge in [0.25, 0.3) is 5.79 Å². The van der Waals surface area contributed by atoms with Crippen molar-refractivity contribution in [1.29, 1.82) is 0 Å². The van der Waals surface area contributed by atoms with E-state index in [1.807, 2.05) is 0 Å². The zero-order chi connectivity index (χ0) is 12.5. The van der Waals surface area contributed by atoms with E-state index in [0.29, 0.717) is 0 Å². The van der Waals surface area contributed by atoms with Gasteiger partial charge in [0.2, 0.25) is 0 Å². The van der Waals surface area contributed by atoms with Gasteiger partial charge < -0.3 is 35.4 Å². The smallest absolute Gasteiger partial charge is 0.364 e. The molecule has 1 saturated heterocycles. The Morgan fingerprint density at radius 2 is 2.06 bits per heavy atom. The molecule has 0 aromatic carbocycles. The number of carboxylic acids is 1. The molecule has 0 spiro atoms. The Balaban J connectivity index is 2.89. The van der Waals surface area contributed by atoms with Gasteiger partial charge in [-0.1, -0.05) is 0 Å². The Morgan fingerprint density at radius 1 is 1.50 bits per heavy atom. The van der Waals surface area contributed by atoms with E-state index in [1.54, 1.807) is 0 Å². The second-order valence-electron chi connectivity index (χ2n) is 3.68. The van der Waals surface area contributed by atoms with E-state index in [0.717, 1.165) is 0 Å². The van der Waals surface area contributed by atoms with Crippen LogP contribution in [0.3, 0.4) is 0 Å². The molecule has 0 saturated carbocycles. The maximum Gasteiger partial charge on any atom is 0.364 e. The van der Waals surface area contributed by atoms with Crippen molar-refractivity contribution in [2.75, 3.05) is 6.61 Å². The molecule has 0 aliphatic carbocycles. The lowest BCUT2D eigenvalue weighted by molar-refractivity contribution is -0.308. The molecule has 16 heavy (non-hydrogen) atoms. The molecule has 6 N–H and O–H groups in total. The molecule has 1 fully saturated rings. The van der Waals surface area contributed by atoms with E-state index >= 15 is 0 Å². The molecule has 0 aromatic rings. The van der Waals surface area contributed by atoms with Crippen LogP contribution in [0.2, 0.25) is 0 Å². The molecule has 1 aliphatic heterocycles. The molecular weight excluding hydrogens is 224 g/mol. The monoisotopic (exact) mass is 238 g/mol. The van der Waals surface area contributed by atoms with Gasteiger partial charge in [0.1, 0.15) is 18.3 Å². The Labute approximate surface area is 90.3 Å². The summed E-state index contributed by atoms with van der Waals surface area (Å²) >= 11 is 0. The molecule has 1 aliphatic rings. The minimum absolute atomic E-state index is 0.724. The van der Waals surface area contributed by atoms with Crippen LogP contribution in [0.4, 0.5) is 0 Å². The van der Waals surface area contributed by atoms with Gasteiger partial charge in [0.15, 0.2) is 0 Å². The third-order valence-corrected chi connectivity index (χ3v) is 2.45. The van der Waals surface area contributed by atoms with Crippen molar-refractivity contribution in [2.45, 2.75) is 36.6 Å². The minimum Gasteiger partial charge on any atom is -0.477 e. The number of rotatable bonds is 3. The average molecular weight is 238 g/mol. The Hall–Kier alpha value is -0.770. The molecular formula is C8H14O8. The number of aliphatic carboxylic acids is 1. The minimum atomic E-state index is -2.68. The van der Waals surface area contributed by atoms with Gasteiger partial charge in [-0.3, -0.25) is 0 Å². The summed E-state index contributed by atoms with van der Waals surface area (Å²) in [5, 5.41) is 54.7. The molecule has 0 radical (unpaired) electrons. The highest BCUT2D eigenvalue weighted by Gasteiger charge is 2.52. The predicted octanol–water partition coefficient (Wildman–Crippen LogP) is -3.38. The zero-order valence-corrected chi connectivity index (χ0v) is 8.22. The standard InChI is InChI=1S/C8H14O8/c9-2-4(11)6-5(12)3(10)1-8(15,16-6)7(13)14/h3-6,9-12,15H,1-2H2,(H,13,14)/t3-,4+,5-,6+,8-/m0/s1. The van der Waals surface area contributed by atoms with E-state index in [2.05, 4.69) is 4.74 Å². The van der Waals surface area contributed by atoms with Crippen molar-refractivity contribution >= 4 is 5.97 Å². The number of aliphatic hydroxyl groups excluding tert-OH is 4. The lowest BCUT2D eigenvalue weighted by Crippen LogP contribution is -2.61. The normalized spacial score (nSPS) is 41.7. The molecule has 1 rings (SSSR count). The highest BCUT2D eigenvalue weighted by Crippen LogP contribution is 2.29. The van der Waals surface area contributed by atoms with Crippen LogP contribution in [0.25, 0.3) is 0 Å². The Morgan fingerprint density at radius 3 is 2.50 bits per heavy atom. The quantitative estimate of drug-likeness (QED) is 0.298. The number of hydrogen-bond donors (Lipinski definition) is 6. The van der Waals surface area contributed by atoms with Crippen molar-refractivity contribution in [3.8, 4) is 0 Å². The van der Waals surface area contributed by atoms with Crippen LogP contribution in [-0.4, -0.2) is 73.4 Å². The van der Waals surface area contributed by atoms with Gasteiger partial charge in [-0.05, 0) is 0 Å². The molecule has 0 aromatic heterocycles. The average Bonchev–Trinajstić information content (AvgIpc) is 2.22. The van der Waals surface area contributed by atoms with Crippen LogP contribution in [-0.2, 0) is 9.53 Å². The number of carboxylic acid groups (broad SMARTS) is 1. The van der Waals surface area contributed by atoms with Gasteiger partial charge >= 0.3 is 5.97 Å². The van der Waals surface area contributed by atoms with Crippen molar-refractivity contribution in [1.82, 2.24) is 0 Å². The van der Waals surface area contributed by atoms with E-state index in [9.17, 15) is 25.2 Å². The summed E-state index contributed by atoms with van der Waals surface area (Å²) in [7, 11) is 0. The lowest BCUT2D eigenvalue weighted by atomic mass is 9.93. The molecule has 0 amide bonds.